The van der Waals surface area contributed by atoms with Crippen LogP contribution in [0.2, 0.25) is 0 Å². The van der Waals surface area contributed by atoms with Gasteiger partial charge < -0.3 is 9.47 Å². The fraction of sp³-hybridized carbons (Fsp3) is 0.474. The summed E-state index contributed by atoms with van der Waals surface area (Å²) < 4.78 is 55.3. The number of rotatable bonds is 5. The number of nitrogens with zero attached hydrogens (tertiary/aromatic N) is 4. The highest BCUT2D eigenvalue weighted by atomic mass is 32.2. The second-order valence-corrected chi connectivity index (χ2v) is 8.98. The molecule has 29 heavy (non-hydrogen) atoms. The van der Waals surface area contributed by atoms with Gasteiger partial charge in [-0.1, -0.05) is 0 Å². The van der Waals surface area contributed by atoms with E-state index in [1.54, 1.807) is 25.5 Å². The van der Waals surface area contributed by atoms with Gasteiger partial charge in [0.15, 0.2) is 16.7 Å². The van der Waals surface area contributed by atoms with Gasteiger partial charge in [-0.2, -0.15) is 4.31 Å². The van der Waals surface area contributed by atoms with Crippen LogP contribution in [0.5, 0.6) is 0 Å². The number of halogens is 2. The Labute approximate surface area is 169 Å². The van der Waals surface area contributed by atoms with Crippen molar-refractivity contribution in [3.05, 3.63) is 41.9 Å². The normalized spacial score (nSPS) is 16.2. The fourth-order valence-corrected chi connectivity index (χ4v) is 4.96. The van der Waals surface area contributed by atoms with Gasteiger partial charge in [-0.3, -0.25) is 4.79 Å². The second-order valence-electron chi connectivity index (χ2n) is 7.10. The molecule has 1 saturated heterocycles. The van der Waals surface area contributed by atoms with E-state index in [9.17, 15) is 22.0 Å². The zero-order valence-corrected chi connectivity index (χ0v) is 17.4. The summed E-state index contributed by atoms with van der Waals surface area (Å²) in [5, 5.41) is -0.000696. The maximum absolute atomic E-state index is 13.6. The van der Waals surface area contributed by atoms with Crippen molar-refractivity contribution in [1.29, 1.82) is 0 Å². The standard InChI is InChI=1S/C19H24F2N4O3S/c1-4-25(15-5-6-16(20)17(21)11-15)19(26)14-7-9-24(10-8-14)29(27,28)18-12-23(3)13(2)22-18/h5-6,11-12,14H,4,7-10H2,1-3H3. The molecule has 0 radical (unpaired) electrons. The van der Waals surface area contributed by atoms with E-state index < -0.39 is 21.7 Å². The third-order valence-corrected chi connectivity index (χ3v) is 7.06. The Morgan fingerprint density at radius 3 is 2.41 bits per heavy atom. The van der Waals surface area contributed by atoms with E-state index in [0.717, 1.165) is 12.1 Å². The van der Waals surface area contributed by atoms with Crippen LogP contribution in [-0.2, 0) is 21.9 Å². The summed E-state index contributed by atoms with van der Waals surface area (Å²) in [5.41, 5.74) is 0.287. The molecule has 158 valence electrons. The predicted octanol–water partition coefficient (Wildman–Crippen LogP) is 2.46. The lowest BCUT2D eigenvalue weighted by molar-refractivity contribution is -0.123. The third-order valence-electron chi connectivity index (χ3n) is 5.29. The Morgan fingerprint density at radius 2 is 1.90 bits per heavy atom. The molecule has 0 saturated carbocycles. The monoisotopic (exact) mass is 426 g/mol. The number of hydrogen-bond donors (Lipinski definition) is 0. The fourth-order valence-electron chi connectivity index (χ4n) is 3.46. The zero-order chi connectivity index (χ0) is 21.3. The molecule has 1 aliphatic rings. The van der Waals surface area contributed by atoms with Gasteiger partial charge in [0.2, 0.25) is 5.91 Å². The number of carbonyl (C=O) groups is 1. The van der Waals surface area contributed by atoms with Crippen LogP contribution >= 0.6 is 0 Å². The van der Waals surface area contributed by atoms with Crippen molar-refractivity contribution in [3.63, 3.8) is 0 Å². The molecule has 0 N–H and O–H groups in total. The third kappa shape index (κ3) is 4.18. The topological polar surface area (TPSA) is 75.5 Å². The van der Waals surface area contributed by atoms with Crippen LogP contribution < -0.4 is 4.90 Å². The first-order valence-electron chi connectivity index (χ1n) is 9.41. The molecule has 10 heteroatoms. The van der Waals surface area contributed by atoms with Gasteiger partial charge >= 0.3 is 0 Å². The van der Waals surface area contributed by atoms with Crippen LogP contribution in [0, 0.1) is 24.5 Å². The van der Waals surface area contributed by atoms with Crippen molar-refractivity contribution in [2.24, 2.45) is 13.0 Å². The Kier molecular flexibility index (Phi) is 6.04. The Hall–Kier alpha value is -2.33. The summed E-state index contributed by atoms with van der Waals surface area (Å²) in [6.07, 6.45) is 2.18. The van der Waals surface area contributed by atoms with Crippen molar-refractivity contribution < 1.29 is 22.0 Å². The molecule has 1 aliphatic heterocycles. The zero-order valence-electron chi connectivity index (χ0n) is 16.6. The van der Waals surface area contributed by atoms with Gasteiger partial charge in [-0.25, -0.2) is 22.2 Å². The number of hydrogen-bond acceptors (Lipinski definition) is 4. The lowest BCUT2D eigenvalue weighted by Gasteiger charge is -2.33. The Bertz CT molecular complexity index is 995. The molecule has 0 unspecified atom stereocenters. The van der Waals surface area contributed by atoms with Crippen LogP contribution in [0.4, 0.5) is 14.5 Å². The number of piperidine rings is 1. The Balaban J connectivity index is 1.70. The summed E-state index contributed by atoms with van der Waals surface area (Å²) >= 11 is 0. The van der Waals surface area contributed by atoms with Crippen molar-refractivity contribution in [2.45, 2.75) is 31.7 Å². The van der Waals surface area contributed by atoms with E-state index in [1.807, 2.05) is 0 Å². The predicted molar refractivity (Wildman–Crippen MR) is 104 cm³/mol. The molecule has 0 aliphatic carbocycles. The highest BCUT2D eigenvalue weighted by Crippen LogP contribution is 2.27. The molecule has 1 aromatic carbocycles. The number of sulfonamides is 1. The van der Waals surface area contributed by atoms with Crippen LogP contribution in [0.15, 0.2) is 29.4 Å². The van der Waals surface area contributed by atoms with E-state index in [2.05, 4.69) is 4.98 Å². The number of imidazole rings is 1. The van der Waals surface area contributed by atoms with Crippen LogP contribution in [-0.4, -0.2) is 47.8 Å². The average molecular weight is 426 g/mol. The summed E-state index contributed by atoms with van der Waals surface area (Å²) in [7, 11) is -1.99. The molecule has 2 heterocycles. The van der Waals surface area contributed by atoms with E-state index in [-0.39, 0.29) is 35.6 Å². The molecule has 7 nitrogen and oxygen atoms in total. The quantitative estimate of drug-likeness (QED) is 0.736. The first kappa shape index (κ1) is 21.4. The molecule has 0 bridgehead atoms. The number of anilines is 1. The van der Waals surface area contributed by atoms with E-state index in [4.69, 9.17) is 0 Å². The SMILES string of the molecule is CCN(C(=O)C1CCN(S(=O)(=O)c2cn(C)c(C)n2)CC1)c1ccc(F)c(F)c1. The number of carbonyl (C=O) groups excluding carboxylic acids is 1. The smallest absolute Gasteiger partial charge is 0.262 e. The summed E-state index contributed by atoms with van der Waals surface area (Å²) in [4.78, 5) is 18.4. The molecule has 0 atom stereocenters. The molecule has 1 fully saturated rings. The average Bonchev–Trinajstić information content (AvgIpc) is 3.04. The van der Waals surface area contributed by atoms with Gasteiger partial charge in [-0.05, 0) is 38.8 Å². The lowest BCUT2D eigenvalue weighted by Crippen LogP contribution is -2.44. The molecule has 2 aromatic rings. The van der Waals surface area contributed by atoms with Crippen LogP contribution in [0.3, 0.4) is 0 Å². The van der Waals surface area contributed by atoms with Gasteiger partial charge in [0.05, 0.1) is 0 Å². The number of amides is 1. The van der Waals surface area contributed by atoms with E-state index in [0.29, 0.717) is 25.2 Å². The second kappa shape index (κ2) is 8.19. The minimum atomic E-state index is -3.72. The van der Waals surface area contributed by atoms with Gasteiger partial charge in [0, 0.05) is 50.6 Å². The first-order valence-corrected chi connectivity index (χ1v) is 10.9. The summed E-state index contributed by atoms with van der Waals surface area (Å²) in [5.74, 6) is -2.00. The largest absolute Gasteiger partial charge is 0.337 e. The highest BCUT2D eigenvalue weighted by Gasteiger charge is 2.35. The summed E-state index contributed by atoms with van der Waals surface area (Å²) in [6.45, 7) is 4.17. The van der Waals surface area contributed by atoms with Crippen molar-refractivity contribution >= 4 is 21.6 Å². The van der Waals surface area contributed by atoms with Crippen molar-refractivity contribution in [1.82, 2.24) is 13.9 Å². The minimum Gasteiger partial charge on any atom is -0.337 e. The van der Waals surface area contributed by atoms with Crippen molar-refractivity contribution in [2.75, 3.05) is 24.5 Å². The number of aryl methyl sites for hydroxylation is 2. The first-order chi connectivity index (χ1) is 13.6. The molecular weight excluding hydrogens is 402 g/mol. The maximum atomic E-state index is 13.6. The van der Waals surface area contributed by atoms with E-state index >= 15 is 0 Å². The molecule has 0 spiro atoms. The Morgan fingerprint density at radius 1 is 1.24 bits per heavy atom. The molecular formula is C19H24F2N4O3S. The van der Waals surface area contributed by atoms with Crippen LogP contribution in [0.1, 0.15) is 25.6 Å². The van der Waals surface area contributed by atoms with E-state index in [1.165, 1.54) is 21.5 Å². The molecule has 3 rings (SSSR count). The van der Waals surface area contributed by atoms with Gasteiger partial charge in [0.25, 0.3) is 10.0 Å². The summed E-state index contributed by atoms with van der Waals surface area (Å²) in [6, 6.07) is 3.35. The van der Waals surface area contributed by atoms with Crippen molar-refractivity contribution in [3.8, 4) is 0 Å². The van der Waals surface area contributed by atoms with Gasteiger partial charge in [0.1, 0.15) is 5.82 Å². The maximum Gasteiger partial charge on any atom is 0.262 e. The highest BCUT2D eigenvalue weighted by molar-refractivity contribution is 7.89. The molecule has 1 amide bonds. The number of benzene rings is 1. The minimum absolute atomic E-state index is 0.000696. The van der Waals surface area contributed by atoms with Gasteiger partial charge in [-0.15, -0.1) is 0 Å². The number of aromatic nitrogens is 2. The lowest BCUT2D eigenvalue weighted by atomic mass is 9.96. The van der Waals surface area contributed by atoms with Crippen LogP contribution in [0.25, 0.3) is 0 Å². The molecule has 1 aromatic heterocycles.